The molecule has 0 unspecified atom stereocenters. The number of nitrogens with one attached hydrogen (secondary N) is 1. The second-order valence-corrected chi connectivity index (χ2v) is 8.05. The summed E-state index contributed by atoms with van der Waals surface area (Å²) < 4.78 is 31.9. The molecule has 9 heteroatoms. The first-order chi connectivity index (χ1) is 11.0. The zero-order valence-electron chi connectivity index (χ0n) is 12.8. The molecule has 0 radical (unpaired) electrons. The van der Waals surface area contributed by atoms with E-state index in [-0.39, 0.29) is 16.3 Å². The highest BCUT2D eigenvalue weighted by Gasteiger charge is 2.37. The predicted octanol–water partition coefficient (Wildman–Crippen LogP) is 3.62. The summed E-state index contributed by atoms with van der Waals surface area (Å²) in [5.74, 6) is -0.601. The Morgan fingerprint density at radius 1 is 1.12 bits per heavy atom. The van der Waals surface area contributed by atoms with E-state index in [1.807, 2.05) is 0 Å². The maximum absolute atomic E-state index is 12.6. The van der Waals surface area contributed by atoms with Gasteiger partial charge in [0.15, 0.2) is 5.69 Å². The van der Waals surface area contributed by atoms with Crippen LogP contribution in [0.2, 0.25) is 10.0 Å². The van der Waals surface area contributed by atoms with E-state index in [0.717, 1.165) is 0 Å². The molecule has 0 aliphatic heterocycles. The first-order valence-corrected chi connectivity index (χ1v) is 8.87. The van der Waals surface area contributed by atoms with Gasteiger partial charge < -0.3 is 5.32 Å². The number of anilines is 1. The zero-order valence-corrected chi connectivity index (χ0v) is 15.2. The molecule has 2 aromatic carbocycles. The van der Waals surface area contributed by atoms with E-state index in [9.17, 15) is 17.8 Å². The fourth-order valence-corrected chi connectivity index (χ4v) is 2.80. The fourth-order valence-electron chi connectivity index (χ4n) is 2.04. The van der Waals surface area contributed by atoms with Crippen LogP contribution >= 0.6 is 23.2 Å². The maximum atomic E-state index is 12.6. The van der Waals surface area contributed by atoms with Gasteiger partial charge in [0.05, 0.1) is 24.8 Å². The number of para-hydroxylation sites is 1. The van der Waals surface area contributed by atoms with Crippen molar-refractivity contribution in [2.75, 3.05) is 19.4 Å². The molecule has 128 valence electrons. The molecule has 0 bridgehead atoms. The molecule has 1 amide bonds. The summed E-state index contributed by atoms with van der Waals surface area (Å²) in [5.41, 5.74) is 0.434. The predicted molar refractivity (Wildman–Crippen MR) is 96.0 cm³/mol. The second-order valence-electron chi connectivity index (χ2n) is 5.39. The molecule has 0 saturated heterocycles. The molecule has 2 N–H and O–H groups in total. The van der Waals surface area contributed by atoms with E-state index in [0.29, 0.717) is 10.7 Å². The van der Waals surface area contributed by atoms with E-state index < -0.39 is 20.1 Å². The van der Waals surface area contributed by atoms with Crippen LogP contribution in [-0.2, 0) is 10.3 Å². The lowest BCUT2D eigenvalue weighted by atomic mass is 10.1. The summed E-state index contributed by atoms with van der Waals surface area (Å²) >= 11 is 11.9. The Labute approximate surface area is 150 Å². The Morgan fingerprint density at radius 2 is 1.75 bits per heavy atom. The number of nitrogens with zero attached hydrogens (tertiary/aromatic N) is 1. The average Bonchev–Trinajstić information content (AvgIpc) is 2.48. The quantitative estimate of drug-likeness (QED) is 0.617. The number of hydrogen-bond donors (Lipinski definition) is 2. The van der Waals surface area contributed by atoms with Gasteiger partial charge in [-0.2, -0.15) is 3.89 Å². The van der Waals surface area contributed by atoms with E-state index in [2.05, 4.69) is 5.32 Å². The van der Waals surface area contributed by atoms with Gasteiger partial charge in [0.25, 0.3) is 5.91 Å². The number of carbonyl (C=O) groups is 1. The van der Waals surface area contributed by atoms with Gasteiger partial charge in [-0.05, 0) is 24.3 Å². The number of carbonyl (C=O) groups excluding carboxylic acids is 1. The Kier molecular flexibility index (Phi) is 5.22. The molecule has 0 saturated carbocycles. The van der Waals surface area contributed by atoms with Gasteiger partial charge in [-0.25, -0.2) is 4.55 Å². The minimum Gasteiger partial charge on any atom is -0.320 e. The summed E-state index contributed by atoms with van der Waals surface area (Å²) in [4.78, 5) is 12.6. The highest BCUT2D eigenvalue weighted by Crippen LogP contribution is 2.31. The topological polar surface area (TPSA) is 83.5 Å². The van der Waals surface area contributed by atoms with Crippen LogP contribution in [0.3, 0.4) is 0 Å². The van der Waals surface area contributed by atoms with Crippen molar-refractivity contribution in [3.8, 4) is 0 Å². The Hall–Kier alpha value is -1.64. The van der Waals surface area contributed by atoms with Crippen molar-refractivity contribution in [1.29, 1.82) is 0 Å². The average molecular weight is 390 g/mol. The van der Waals surface area contributed by atoms with Crippen molar-refractivity contribution in [2.24, 2.45) is 0 Å². The zero-order chi connectivity index (χ0) is 18.1. The van der Waals surface area contributed by atoms with Crippen molar-refractivity contribution in [1.82, 2.24) is 3.89 Å². The smallest absolute Gasteiger partial charge is 0.320 e. The number of halogens is 2. The van der Waals surface area contributed by atoms with Gasteiger partial charge in [0, 0.05) is 11.1 Å². The van der Waals surface area contributed by atoms with Crippen LogP contribution < -0.4 is 9.21 Å². The first kappa shape index (κ1) is 18.7. The molecule has 6 nitrogen and oxygen atoms in total. The molecule has 2 rings (SSSR count). The molecule has 0 heterocycles. The number of amides is 1. The lowest BCUT2D eigenvalue weighted by Crippen LogP contribution is -2.47. The molecule has 0 aromatic heterocycles. The molecule has 0 spiro atoms. The Bertz CT molecular complexity index is 898. The minimum atomic E-state index is -4.52. The maximum Gasteiger partial charge on any atom is 0.437 e. The fraction of sp³-hybridized carbons (Fsp3) is 0.133. The van der Waals surface area contributed by atoms with Crippen LogP contribution in [0, 0.1) is 0 Å². The summed E-state index contributed by atoms with van der Waals surface area (Å²) in [7, 11) is -2.04. The second kappa shape index (κ2) is 6.70. The lowest BCUT2D eigenvalue weighted by molar-refractivity contribution is 0.102. The van der Waals surface area contributed by atoms with E-state index in [4.69, 9.17) is 23.2 Å². The summed E-state index contributed by atoms with van der Waals surface area (Å²) in [6, 6.07) is 10.8. The molecule has 0 aliphatic rings. The number of benzene rings is 2. The molecule has 24 heavy (non-hydrogen) atoms. The largest absolute Gasteiger partial charge is 0.437 e. The minimum absolute atomic E-state index is 0.00467. The highest BCUT2D eigenvalue weighted by molar-refractivity contribution is 7.85. The van der Waals surface area contributed by atoms with Crippen LogP contribution in [0.25, 0.3) is 0 Å². The van der Waals surface area contributed by atoms with Crippen molar-refractivity contribution < 1.29 is 17.8 Å². The number of quaternary nitrogens is 1. The van der Waals surface area contributed by atoms with Crippen molar-refractivity contribution in [2.45, 2.75) is 0 Å². The van der Waals surface area contributed by atoms with E-state index >= 15 is 0 Å². The van der Waals surface area contributed by atoms with Gasteiger partial charge in [0.2, 0.25) is 0 Å². The van der Waals surface area contributed by atoms with E-state index in [1.165, 1.54) is 32.3 Å². The third-order valence-corrected chi connectivity index (χ3v) is 5.40. The Balaban J connectivity index is 2.52. The standard InChI is InChI=1S/C15H14Cl2N2O4S/c1-19(2,24(21,22)23)14-8-7-10(16)9-11(14)15(20)18-13-6-4-3-5-12(13)17/h3-9H,1-2H3,(H-,18,20,21,22,23)/p+1. The highest BCUT2D eigenvalue weighted by atomic mass is 35.5. The third-order valence-electron chi connectivity index (χ3n) is 3.48. The van der Waals surface area contributed by atoms with E-state index in [1.54, 1.807) is 24.3 Å². The van der Waals surface area contributed by atoms with Crippen molar-refractivity contribution in [3.63, 3.8) is 0 Å². The normalized spacial score (nSPS) is 12.0. The van der Waals surface area contributed by atoms with Crippen LogP contribution in [0.4, 0.5) is 11.4 Å². The van der Waals surface area contributed by atoms with Gasteiger partial charge in [-0.3, -0.25) is 4.79 Å². The van der Waals surface area contributed by atoms with Crippen molar-refractivity contribution in [3.05, 3.63) is 58.1 Å². The van der Waals surface area contributed by atoms with Gasteiger partial charge in [-0.1, -0.05) is 35.3 Å². The SMILES string of the molecule is C[N+](C)(c1ccc(Cl)cc1C(=O)Nc1ccccc1Cl)S(=O)(=O)O. The summed E-state index contributed by atoms with van der Waals surface area (Å²) in [6.07, 6.45) is 0. The number of hydrogen-bond acceptors (Lipinski definition) is 3. The van der Waals surface area contributed by atoms with Gasteiger partial charge >= 0.3 is 10.3 Å². The molecular formula is C15H15Cl2N2O4S+. The van der Waals surface area contributed by atoms with Crippen molar-refractivity contribution >= 4 is 50.8 Å². The monoisotopic (exact) mass is 389 g/mol. The molecule has 0 atom stereocenters. The summed E-state index contributed by atoms with van der Waals surface area (Å²) in [5, 5.41) is 3.18. The molecular weight excluding hydrogens is 375 g/mol. The third kappa shape index (κ3) is 3.71. The molecule has 2 aromatic rings. The number of rotatable bonds is 4. The lowest BCUT2D eigenvalue weighted by Gasteiger charge is -2.26. The van der Waals surface area contributed by atoms with Crippen LogP contribution in [0.1, 0.15) is 10.4 Å². The van der Waals surface area contributed by atoms with Gasteiger partial charge in [0.1, 0.15) is 5.56 Å². The van der Waals surface area contributed by atoms with Gasteiger partial charge in [-0.15, -0.1) is 8.42 Å². The molecule has 0 fully saturated rings. The Morgan fingerprint density at radius 3 is 2.33 bits per heavy atom. The molecule has 0 aliphatic carbocycles. The van der Waals surface area contributed by atoms with Crippen LogP contribution in [0.15, 0.2) is 42.5 Å². The van der Waals surface area contributed by atoms with Crippen LogP contribution in [0.5, 0.6) is 0 Å². The first-order valence-electron chi connectivity index (χ1n) is 6.71. The van der Waals surface area contributed by atoms with Crippen LogP contribution in [-0.4, -0.2) is 33.0 Å². The summed E-state index contributed by atoms with van der Waals surface area (Å²) in [6.45, 7) is 0.